The quantitative estimate of drug-likeness (QED) is 0.830. The van der Waals surface area contributed by atoms with Crippen LogP contribution in [0.2, 0.25) is 0 Å². The lowest BCUT2D eigenvalue weighted by Gasteiger charge is -2.22. The average molecular weight is 342 g/mol. The summed E-state index contributed by atoms with van der Waals surface area (Å²) in [5.74, 6) is 1.02. The van der Waals surface area contributed by atoms with Crippen molar-refractivity contribution >= 4 is 5.91 Å². The zero-order chi connectivity index (χ0) is 17.6. The summed E-state index contributed by atoms with van der Waals surface area (Å²) in [6.07, 6.45) is 5.43. The van der Waals surface area contributed by atoms with Gasteiger partial charge in [0.1, 0.15) is 5.75 Å². The van der Waals surface area contributed by atoms with Crippen molar-refractivity contribution in [1.82, 2.24) is 19.6 Å². The minimum Gasteiger partial charge on any atom is -0.497 e. The van der Waals surface area contributed by atoms with Crippen LogP contribution in [0, 0.1) is 0 Å². The van der Waals surface area contributed by atoms with Crippen LogP contribution in [0.25, 0.3) is 0 Å². The number of aryl methyl sites for hydroxylation is 1. The Morgan fingerprint density at radius 1 is 1.12 bits per heavy atom. The third-order valence-corrected chi connectivity index (χ3v) is 4.62. The number of ether oxygens (including phenoxy) is 1. The molecule has 1 saturated heterocycles. The molecule has 0 radical (unpaired) electrons. The number of rotatable bonds is 5. The van der Waals surface area contributed by atoms with Crippen LogP contribution >= 0.6 is 0 Å². The van der Waals surface area contributed by atoms with Gasteiger partial charge >= 0.3 is 0 Å². The van der Waals surface area contributed by atoms with E-state index in [1.54, 1.807) is 7.11 Å². The minimum atomic E-state index is 0.202. The van der Waals surface area contributed by atoms with Crippen molar-refractivity contribution in [1.29, 1.82) is 0 Å². The predicted octanol–water partition coefficient (Wildman–Crippen LogP) is 1.71. The molecule has 1 aliphatic heterocycles. The van der Waals surface area contributed by atoms with Gasteiger partial charge in [-0.15, -0.1) is 0 Å². The van der Waals surface area contributed by atoms with Crippen LogP contribution in [0.1, 0.15) is 17.5 Å². The number of carbonyl (C=O) groups is 1. The summed E-state index contributed by atoms with van der Waals surface area (Å²) in [7, 11) is 3.58. The van der Waals surface area contributed by atoms with E-state index in [4.69, 9.17) is 4.74 Å². The van der Waals surface area contributed by atoms with Gasteiger partial charge < -0.3 is 9.64 Å². The SMILES string of the molecule is COc1ccc(CC(=O)N2CCCN(Cc3cnn(C)c3)CC2)cc1. The Morgan fingerprint density at radius 2 is 1.92 bits per heavy atom. The van der Waals surface area contributed by atoms with E-state index in [9.17, 15) is 4.79 Å². The zero-order valence-electron chi connectivity index (χ0n) is 15.0. The van der Waals surface area contributed by atoms with Gasteiger partial charge in [0, 0.05) is 51.5 Å². The maximum atomic E-state index is 12.6. The van der Waals surface area contributed by atoms with Crippen LogP contribution in [0.15, 0.2) is 36.7 Å². The molecular weight excluding hydrogens is 316 g/mol. The van der Waals surface area contributed by atoms with Crippen LogP contribution in [-0.4, -0.2) is 58.8 Å². The molecule has 1 fully saturated rings. The number of hydrogen-bond donors (Lipinski definition) is 0. The molecule has 1 aromatic heterocycles. The number of aromatic nitrogens is 2. The molecule has 0 bridgehead atoms. The van der Waals surface area contributed by atoms with Crippen molar-refractivity contribution in [2.75, 3.05) is 33.3 Å². The number of amides is 1. The van der Waals surface area contributed by atoms with Crippen molar-refractivity contribution in [3.63, 3.8) is 0 Å². The van der Waals surface area contributed by atoms with Gasteiger partial charge in [-0.25, -0.2) is 0 Å². The molecule has 0 atom stereocenters. The molecule has 1 amide bonds. The molecule has 6 heteroatoms. The fourth-order valence-corrected chi connectivity index (χ4v) is 3.22. The lowest BCUT2D eigenvalue weighted by molar-refractivity contribution is -0.130. The Morgan fingerprint density at radius 3 is 2.60 bits per heavy atom. The lowest BCUT2D eigenvalue weighted by Crippen LogP contribution is -2.36. The van der Waals surface area contributed by atoms with Crippen molar-refractivity contribution in [2.24, 2.45) is 7.05 Å². The Balaban J connectivity index is 1.52. The second-order valence-corrected chi connectivity index (χ2v) is 6.56. The second kappa shape index (κ2) is 8.16. The highest BCUT2D eigenvalue weighted by Gasteiger charge is 2.19. The second-order valence-electron chi connectivity index (χ2n) is 6.56. The van der Waals surface area contributed by atoms with Crippen LogP contribution in [0.4, 0.5) is 0 Å². The van der Waals surface area contributed by atoms with Crippen LogP contribution in [0.5, 0.6) is 5.75 Å². The summed E-state index contributed by atoms with van der Waals surface area (Å²) in [5, 5.41) is 4.22. The molecule has 134 valence electrons. The number of benzene rings is 1. The lowest BCUT2D eigenvalue weighted by atomic mass is 10.1. The first-order chi connectivity index (χ1) is 12.1. The van der Waals surface area contributed by atoms with E-state index in [1.165, 1.54) is 5.56 Å². The standard InChI is InChI=1S/C19H26N4O2/c1-21-14-17(13-20-21)15-22-8-3-9-23(11-10-22)19(24)12-16-4-6-18(25-2)7-5-16/h4-7,13-14H,3,8-12,15H2,1-2H3. The van der Waals surface area contributed by atoms with Crippen LogP contribution < -0.4 is 4.74 Å². The van der Waals surface area contributed by atoms with Crippen molar-refractivity contribution in [3.05, 3.63) is 47.8 Å². The molecule has 1 aliphatic rings. The van der Waals surface area contributed by atoms with Gasteiger partial charge in [0.25, 0.3) is 0 Å². The van der Waals surface area contributed by atoms with E-state index in [-0.39, 0.29) is 5.91 Å². The Hall–Kier alpha value is -2.34. The maximum Gasteiger partial charge on any atom is 0.227 e. The monoisotopic (exact) mass is 342 g/mol. The molecule has 6 nitrogen and oxygen atoms in total. The summed E-state index contributed by atoms with van der Waals surface area (Å²) < 4.78 is 6.99. The van der Waals surface area contributed by atoms with Crippen molar-refractivity contribution in [3.8, 4) is 5.75 Å². The Labute approximate surface area is 149 Å². The topological polar surface area (TPSA) is 50.6 Å². The molecule has 2 heterocycles. The molecule has 1 aromatic carbocycles. The smallest absolute Gasteiger partial charge is 0.227 e. The van der Waals surface area contributed by atoms with E-state index in [1.807, 2.05) is 47.1 Å². The van der Waals surface area contributed by atoms with Gasteiger partial charge in [-0.3, -0.25) is 14.4 Å². The first-order valence-electron chi connectivity index (χ1n) is 8.74. The fourth-order valence-electron chi connectivity index (χ4n) is 3.22. The summed E-state index contributed by atoms with van der Waals surface area (Å²) in [6, 6.07) is 7.73. The number of carbonyl (C=O) groups excluding carboxylic acids is 1. The van der Waals surface area contributed by atoms with Gasteiger partial charge in [0.15, 0.2) is 0 Å². The van der Waals surface area contributed by atoms with Gasteiger partial charge in [-0.2, -0.15) is 5.10 Å². The van der Waals surface area contributed by atoms with E-state index < -0.39 is 0 Å². The molecule has 0 aliphatic carbocycles. The molecule has 25 heavy (non-hydrogen) atoms. The highest BCUT2D eigenvalue weighted by Crippen LogP contribution is 2.14. The molecule has 0 unspecified atom stereocenters. The van der Waals surface area contributed by atoms with Gasteiger partial charge in [-0.1, -0.05) is 12.1 Å². The van der Waals surface area contributed by atoms with Gasteiger partial charge in [0.05, 0.1) is 19.7 Å². The van der Waals surface area contributed by atoms with E-state index in [0.29, 0.717) is 6.42 Å². The van der Waals surface area contributed by atoms with Crippen molar-refractivity contribution < 1.29 is 9.53 Å². The van der Waals surface area contributed by atoms with E-state index in [2.05, 4.69) is 16.2 Å². The number of methoxy groups -OCH3 is 1. The number of hydrogen-bond acceptors (Lipinski definition) is 4. The molecule has 0 N–H and O–H groups in total. The minimum absolute atomic E-state index is 0.202. The average Bonchev–Trinajstić information content (AvgIpc) is 2.88. The third kappa shape index (κ3) is 4.82. The summed E-state index contributed by atoms with van der Waals surface area (Å²) >= 11 is 0. The molecule has 0 spiro atoms. The largest absolute Gasteiger partial charge is 0.497 e. The Kier molecular flexibility index (Phi) is 5.71. The van der Waals surface area contributed by atoms with Gasteiger partial charge in [-0.05, 0) is 24.1 Å². The normalized spacial score (nSPS) is 15.8. The molecule has 3 rings (SSSR count). The third-order valence-electron chi connectivity index (χ3n) is 4.62. The molecular formula is C19H26N4O2. The predicted molar refractivity (Wildman–Crippen MR) is 96.4 cm³/mol. The fraction of sp³-hybridized carbons (Fsp3) is 0.474. The van der Waals surface area contributed by atoms with Crippen LogP contribution in [-0.2, 0) is 24.8 Å². The summed E-state index contributed by atoms with van der Waals surface area (Å²) in [6.45, 7) is 4.44. The summed E-state index contributed by atoms with van der Waals surface area (Å²) in [4.78, 5) is 17.0. The van der Waals surface area contributed by atoms with Crippen LogP contribution in [0.3, 0.4) is 0 Å². The first-order valence-corrected chi connectivity index (χ1v) is 8.74. The molecule has 2 aromatic rings. The highest BCUT2D eigenvalue weighted by molar-refractivity contribution is 5.78. The first kappa shape index (κ1) is 17.5. The van der Waals surface area contributed by atoms with E-state index >= 15 is 0 Å². The highest BCUT2D eigenvalue weighted by atomic mass is 16.5. The van der Waals surface area contributed by atoms with Gasteiger partial charge in [0.2, 0.25) is 5.91 Å². The zero-order valence-corrected chi connectivity index (χ0v) is 15.0. The Bertz CT molecular complexity index is 696. The van der Waals surface area contributed by atoms with E-state index in [0.717, 1.165) is 50.5 Å². The number of nitrogens with zero attached hydrogens (tertiary/aromatic N) is 4. The van der Waals surface area contributed by atoms with Crippen molar-refractivity contribution in [2.45, 2.75) is 19.4 Å². The maximum absolute atomic E-state index is 12.6. The molecule has 0 saturated carbocycles. The summed E-state index contributed by atoms with van der Waals surface area (Å²) in [5.41, 5.74) is 2.25.